The fraction of sp³-hybridized carbons (Fsp3) is 0.0800. The van der Waals surface area contributed by atoms with Crippen molar-refractivity contribution in [2.75, 3.05) is 0 Å². The highest BCUT2D eigenvalue weighted by atomic mass is 16.3. The van der Waals surface area contributed by atoms with E-state index in [2.05, 4.69) is 21.5 Å². The zero-order chi connectivity index (χ0) is 19.8. The van der Waals surface area contributed by atoms with Gasteiger partial charge in [-0.25, -0.2) is 4.98 Å². The van der Waals surface area contributed by atoms with Crippen LogP contribution in [0, 0.1) is 12.3 Å². The average molecular weight is 377 g/mol. The van der Waals surface area contributed by atoms with Gasteiger partial charge in [0.1, 0.15) is 11.2 Å². The number of benzene rings is 2. The first-order valence-electron chi connectivity index (χ1n) is 9.47. The van der Waals surface area contributed by atoms with Crippen LogP contribution >= 0.6 is 0 Å². The van der Waals surface area contributed by atoms with Crippen LogP contribution in [0.5, 0.6) is 0 Å². The van der Waals surface area contributed by atoms with E-state index < -0.39 is 5.60 Å². The number of terminal acetylenes is 1. The largest absolute Gasteiger partial charge is 0.378 e. The summed E-state index contributed by atoms with van der Waals surface area (Å²) in [5.74, 6) is 2.68. The number of hydrogen-bond donors (Lipinski definition) is 1. The van der Waals surface area contributed by atoms with Gasteiger partial charge in [-0.15, -0.1) is 12.3 Å². The van der Waals surface area contributed by atoms with E-state index in [9.17, 15) is 5.11 Å². The third-order valence-corrected chi connectivity index (χ3v) is 5.37. The second kappa shape index (κ2) is 6.66. The maximum absolute atomic E-state index is 12.1. The summed E-state index contributed by atoms with van der Waals surface area (Å²) in [5.41, 5.74) is 2.67. The summed E-state index contributed by atoms with van der Waals surface area (Å²) >= 11 is 0. The number of para-hydroxylation sites is 2. The van der Waals surface area contributed by atoms with Gasteiger partial charge in [-0.2, -0.15) is 0 Å². The highest BCUT2D eigenvalue weighted by Crippen LogP contribution is 2.39. The highest BCUT2D eigenvalue weighted by molar-refractivity contribution is 5.84. The van der Waals surface area contributed by atoms with Crippen LogP contribution in [-0.2, 0) is 5.60 Å². The van der Waals surface area contributed by atoms with Crippen molar-refractivity contribution in [3.8, 4) is 18.0 Å². The molecule has 0 aliphatic rings. The molecule has 0 fully saturated rings. The smallest absolute Gasteiger partial charge is 0.144 e. The van der Waals surface area contributed by atoms with Crippen molar-refractivity contribution in [2.45, 2.75) is 12.0 Å². The van der Waals surface area contributed by atoms with Crippen LogP contribution in [0.3, 0.4) is 0 Å². The molecule has 5 rings (SSSR count). The Morgan fingerprint density at radius 2 is 1.76 bits per heavy atom. The van der Waals surface area contributed by atoms with Gasteiger partial charge in [-0.1, -0.05) is 42.5 Å². The van der Waals surface area contributed by atoms with Crippen LogP contribution < -0.4 is 0 Å². The van der Waals surface area contributed by atoms with E-state index in [1.54, 1.807) is 6.20 Å². The summed E-state index contributed by atoms with van der Waals surface area (Å²) < 4.78 is 3.98. The lowest BCUT2D eigenvalue weighted by Gasteiger charge is -2.29. The molecule has 4 nitrogen and oxygen atoms in total. The Labute approximate surface area is 168 Å². The first-order valence-corrected chi connectivity index (χ1v) is 9.47. The van der Waals surface area contributed by atoms with Gasteiger partial charge in [0.15, 0.2) is 0 Å². The molecule has 29 heavy (non-hydrogen) atoms. The van der Waals surface area contributed by atoms with Crippen molar-refractivity contribution in [3.05, 3.63) is 103 Å². The molecule has 0 saturated heterocycles. The van der Waals surface area contributed by atoms with Crippen molar-refractivity contribution in [2.24, 2.45) is 0 Å². The van der Waals surface area contributed by atoms with E-state index in [0.29, 0.717) is 11.2 Å². The lowest BCUT2D eigenvalue weighted by molar-refractivity contribution is 0.0814. The summed E-state index contributed by atoms with van der Waals surface area (Å²) in [6, 6.07) is 23.9. The number of nitrogens with zero attached hydrogens (tertiary/aromatic N) is 3. The van der Waals surface area contributed by atoms with Gasteiger partial charge in [0.05, 0.1) is 11.2 Å². The lowest BCUT2D eigenvalue weighted by Crippen LogP contribution is -2.30. The Hall–Kier alpha value is -3.81. The van der Waals surface area contributed by atoms with Crippen LogP contribution in [-0.4, -0.2) is 19.1 Å². The van der Waals surface area contributed by atoms with E-state index in [4.69, 9.17) is 6.42 Å². The number of imidazole rings is 1. The van der Waals surface area contributed by atoms with Gasteiger partial charge in [-0.05, 0) is 30.3 Å². The van der Waals surface area contributed by atoms with E-state index in [-0.39, 0.29) is 6.42 Å². The summed E-state index contributed by atoms with van der Waals surface area (Å²) in [7, 11) is 0. The molecule has 4 heteroatoms. The molecule has 3 heterocycles. The average Bonchev–Trinajstić information content (AvgIpc) is 3.39. The number of aliphatic hydroxyl groups is 1. The number of hydrogen-bond acceptors (Lipinski definition) is 2. The fourth-order valence-corrected chi connectivity index (χ4v) is 4.06. The minimum Gasteiger partial charge on any atom is -0.378 e. The molecule has 0 aliphatic carbocycles. The van der Waals surface area contributed by atoms with Crippen LogP contribution in [0.15, 0.2) is 91.4 Å². The Bertz CT molecular complexity index is 1360. The molecule has 0 aliphatic heterocycles. The van der Waals surface area contributed by atoms with Crippen LogP contribution in [0.25, 0.3) is 22.2 Å². The second-order valence-electron chi connectivity index (χ2n) is 7.08. The predicted molar refractivity (Wildman–Crippen MR) is 115 cm³/mol. The molecule has 0 spiro atoms. The molecule has 1 unspecified atom stereocenters. The molecule has 2 aromatic carbocycles. The molecule has 0 amide bonds. The summed E-state index contributed by atoms with van der Waals surface area (Å²) in [4.78, 5) is 4.47. The standard InChI is InChI=1S/C25H19N3O/c1-2-14-25(29,21-12-8-16-27-17-15-26-24(21)27)23-18-19-9-6-7-13-22(19)28(23)20-10-4-3-5-11-20/h1,3-13,15-18,29H,14H2. The van der Waals surface area contributed by atoms with E-state index in [0.717, 1.165) is 22.3 Å². The van der Waals surface area contributed by atoms with Gasteiger partial charge in [0.25, 0.3) is 0 Å². The first-order chi connectivity index (χ1) is 14.2. The normalized spacial score (nSPS) is 13.4. The van der Waals surface area contributed by atoms with E-state index in [1.165, 1.54) is 0 Å². The van der Waals surface area contributed by atoms with Crippen LogP contribution in [0.2, 0.25) is 0 Å². The summed E-state index contributed by atoms with van der Waals surface area (Å²) in [6.45, 7) is 0. The van der Waals surface area contributed by atoms with Gasteiger partial charge in [-0.3, -0.25) is 0 Å². The second-order valence-corrected chi connectivity index (χ2v) is 7.08. The van der Waals surface area contributed by atoms with E-state index >= 15 is 0 Å². The molecule has 3 aromatic heterocycles. The Balaban J connectivity index is 1.87. The van der Waals surface area contributed by atoms with Gasteiger partial charge < -0.3 is 14.1 Å². The molecule has 5 aromatic rings. The molecule has 1 atom stereocenters. The van der Waals surface area contributed by atoms with Crippen LogP contribution in [0.1, 0.15) is 17.7 Å². The zero-order valence-electron chi connectivity index (χ0n) is 15.7. The Morgan fingerprint density at radius 3 is 2.59 bits per heavy atom. The molecule has 1 N–H and O–H groups in total. The predicted octanol–water partition coefficient (Wildman–Crippen LogP) is 4.54. The summed E-state index contributed by atoms with van der Waals surface area (Å²) in [5, 5.41) is 13.1. The number of fused-ring (bicyclic) bond motifs is 2. The summed E-state index contributed by atoms with van der Waals surface area (Å²) in [6.07, 6.45) is 11.4. The highest BCUT2D eigenvalue weighted by Gasteiger charge is 2.37. The van der Waals surface area contributed by atoms with Crippen molar-refractivity contribution in [3.63, 3.8) is 0 Å². The molecular weight excluding hydrogens is 358 g/mol. The minimum atomic E-state index is -1.41. The van der Waals surface area contributed by atoms with Crippen molar-refractivity contribution in [1.29, 1.82) is 0 Å². The quantitative estimate of drug-likeness (QED) is 0.467. The van der Waals surface area contributed by atoms with Gasteiger partial charge >= 0.3 is 0 Å². The molecular formula is C25H19N3O. The molecule has 0 bridgehead atoms. The van der Waals surface area contributed by atoms with Crippen molar-refractivity contribution >= 4 is 16.6 Å². The first kappa shape index (κ1) is 17.3. The lowest BCUT2D eigenvalue weighted by atomic mass is 9.87. The van der Waals surface area contributed by atoms with E-state index in [1.807, 2.05) is 83.5 Å². The molecule has 140 valence electrons. The number of aromatic nitrogens is 3. The Morgan fingerprint density at radius 1 is 0.966 bits per heavy atom. The van der Waals surface area contributed by atoms with Crippen molar-refractivity contribution < 1.29 is 5.11 Å². The third kappa shape index (κ3) is 2.64. The van der Waals surface area contributed by atoms with Gasteiger partial charge in [0.2, 0.25) is 0 Å². The van der Waals surface area contributed by atoms with Crippen LogP contribution in [0.4, 0.5) is 0 Å². The third-order valence-electron chi connectivity index (χ3n) is 5.37. The number of rotatable bonds is 4. The zero-order valence-corrected chi connectivity index (χ0v) is 15.7. The fourth-order valence-electron chi connectivity index (χ4n) is 4.06. The minimum absolute atomic E-state index is 0.128. The Kier molecular flexibility index (Phi) is 3.97. The van der Waals surface area contributed by atoms with Gasteiger partial charge in [0, 0.05) is 41.6 Å². The SMILES string of the molecule is C#CCC(O)(c1cccn2ccnc12)c1cc2ccccc2n1-c1ccccc1. The molecule has 0 saturated carbocycles. The molecule has 0 radical (unpaired) electrons. The number of pyridine rings is 1. The maximum atomic E-state index is 12.1. The maximum Gasteiger partial charge on any atom is 0.144 e. The topological polar surface area (TPSA) is 42.5 Å². The monoisotopic (exact) mass is 377 g/mol. The van der Waals surface area contributed by atoms with Crippen molar-refractivity contribution in [1.82, 2.24) is 14.0 Å².